The molecule has 1 aromatic carbocycles. The van der Waals surface area contributed by atoms with Crippen LogP contribution in [-0.4, -0.2) is 30.1 Å². The van der Waals surface area contributed by atoms with Gasteiger partial charge in [0.15, 0.2) is 11.7 Å². The number of anilines is 1. The molecule has 26 heavy (non-hydrogen) atoms. The number of carbonyl (C=O) groups excluding carboxylic acids is 2. The average molecular weight is 441 g/mol. The van der Waals surface area contributed by atoms with Gasteiger partial charge < -0.3 is 9.47 Å². The summed E-state index contributed by atoms with van der Waals surface area (Å²) in [5.41, 5.74) is 1.70. The highest BCUT2D eigenvalue weighted by atomic mass is 79.9. The quantitative estimate of drug-likeness (QED) is 0.639. The molecule has 0 unspecified atom stereocenters. The topological polar surface area (TPSA) is 77.5 Å². The summed E-state index contributed by atoms with van der Waals surface area (Å²) in [5, 5.41) is 2.98. The predicted octanol–water partition coefficient (Wildman–Crippen LogP) is 4.53. The van der Waals surface area contributed by atoms with Gasteiger partial charge in [-0.25, -0.2) is 9.78 Å². The number of thiazole rings is 1. The second kappa shape index (κ2) is 9.14. The predicted molar refractivity (Wildman–Crippen MR) is 105 cm³/mol. The summed E-state index contributed by atoms with van der Waals surface area (Å²) in [4.78, 5) is 28.4. The van der Waals surface area contributed by atoms with Crippen LogP contribution >= 0.6 is 27.3 Å². The third-order valence-corrected chi connectivity index (χ3v) is 5.16. The summed E-state index contributed by atoms with van der Waals surface area (Å²) in [6.07, 6.45) is 0. The van der Waals surface area contributed by atoms with Crippen LogP contribution in [0.15, 0.2) is 22.7 Å². The van der Waals surface area contributed by atoms with E-state index < -0.39 is 5.97 Å². The second-order valence-corrected chi connectivity index (χ2v) is 7.69. The molecule has 0 radical (unpaired) electrons. The Morgan fingerprint density at radius 1 is 1.35 bits per heavy atom. The maximum atomic E-state index is 12.1. The number of hydrogen-bond acceptors (Lipinski definition) is 6. The Labute approximate surface area is 165 Å². The fourth-order valence-electron chi connectivity index (χ4n) is 2.13. The molecule has 0 atom stereocenters. The summed E-state index contributed by atoms with van der Waals surface area (Å²) in [6, 6.07) is 5.78. The van der Waals surface area contributed by atoms with Gasteiger partial charge in [-0.1, -0.05) is 31.3 Å². The van der Waals surface area contributed by atoms with E-state index in [4.69, 9.17) is 9.47 Å². The minimum atomic E-state index is -0.437. The van der Waals surface area contributed by atoms with E-state index in [1.807, 2.05) is 18.2 Å². The molecular formula is C18H21BrN2O4S. The van der Waals surface area contributed by atoms with E-state index in [2.05, 4.69) is 40.1 Å². The molecule has 0 saturated heterocycles. The lowest BCUT2D eigenvalue weighted by Crippen LogP contribution is -2.20. The molecule has 1 N–H and O–H groups in total. The summed E-state index contributed by atoms with van der Waals surface area (Å²) < 4.78 is 11.3. The first kappa shape index (κ1) is 20.4. The number of hydrogen-bond donors (Lipinski definition) is 1. The van der Waals surface area contributed by atoms with Crippen molar-refractivity contribution in [2.75, 3.05) is 18.5 Å². The Balaban J connectivity index is 1.95. The fraction of sp³-hybridized carbons (Fsp3) is 0.389. The Bertz CT molecular complexity index is 804. The number of amides is 1. The van der Waals surface area contributed by atoms with Crippen LogP contribution in [0.5, 0.6) is 5.75 Å². The van der Waals surface area contributed by atoms with Gasteiger partial charge in [-0.05, 0) is 53.4 Å². The largest absolute Gasteiger partial charge is 0.483 e. The van der Waals surface area contributed by atoms with Gasteiger partial charge in [-0.3, -0.25) is 10.1 Å². The summed E-state index contributed by atoms with van der Waals surface area (Å²) in [6.45, 7) is 7.78. The molecule has 140 valence electrons. The van der Waals surface area contributed by atoms with E-state index in [1.54, 1.807) is 13.8 Å². The number of ether oxygens (including phenoxy) is 2. The van der Waals surface area contributed by atoms with Gasteiger partial charge >= 0.3 is 5.97 Å². The van der Waals surface area contributed by atoms with Gasteiger partial charge in [-0.2, -0.15) is 0 Å². The van der Waals surface area contributed by atoms with Crippen molar-refractivity contribution < 1.29 is 19.1 Å². The van der Waals surface area contributed by atoms with Crippen LogP contribution in [0.3, 0.4) is 0 Å². The maximum absolute atomic E-state index is 12.1. The standard InChI is InChI=1S/C18H21BrN2O4S/c1-5-24-17(23)16-11(4)20-18(26-16)21-15(22)9-25-14-7-6-12(10(2)3)8-13(14)19/h6-8,10H,5,9H2,1-4H3,(H,20,21,22). The summed E-state index contributed by atoms with van der Waals surface area (Å²) >= 11 is 4.54. The molecule has 0 aliphatic rings. The number of esters is 1. The number of halogens is 1. The van der Waals surface area contributed by atoms with E-state index in [0.29, 0.717) is 27.4 Å². The van der Waals surface area contributed by atoms with E-state index in [-0.39, 0.29) is 19.1 Å². The first-order chi connectivity index (χ1) is 12.3. The van der Waals surface area contributed by atoms with Gasteiger partial charge in [-0.15, -0.1) is 0 Å². The Morgan fingerprint density at radius 2 is 2.08 bits per heavy atom. The molecule has 0 saturated carbocycles. The van der Waals surface area contributed by atoms with Crippen LogP contribution < -0.4 is 10.1 Å². The van der Waals surface area contributed by atoms with Crippen LogP contribution in [0, 0.1) is 6.92 Å². The average Bonchev–Trinajstić information content (AvgIpc) is 2.94. The first-order valence-corrected chi connectivity index (χ1v) is 9.79. The van der Waals surface area contributed by atoms with Crippen molar-refractivity contribution in [3.63, 3.8) is 0 Å². The summed E-state index contributed by atoms with van der Waals surface area (Å²) in [7, 11) is 0. The zero-order valence-corrected chi connectivity index (χ0v) is 17.5. The van der Waals surface area contributed by atoms with Crippen LogP contribution in [0.25, 0.3) is 0 Å². The number of aromatic nitrogens is 1. The zero-order chi connectivity index (χ0) is 19.3. The Kier molecular flexibility index (Phi) is 7.16. The number of nitrogens with one attached hydrogen (secondary N) is 1. The molecule has 2 aromatic rings. The van der Waals surface area contributed by atoms with Crippen molar-refractivity contribution in [3.8, 4) is 5.75 Å². The van der Waals surface area contributed by atoms with E-state index >= 15 is 0 Å². The number of benzene rings is 1. The molecule has 6 nitrogen and oxygen atoms in total. The molecule has 1 aromatic heterocycles. The van der Waals surface area contributed by atoms with Gasteiger partial charge in [0.25, 0.3) is 5.91 Å². The Morgan fingerprint density at radius 3 is 2.69 bits per heavy atom. The van der Waals surface area contributed by atoms with Gasteiger partial charge in [0.2, 0.25) is 0 Å². The lowest BCUT2D eigenvalue weighted by Gasteiger charge is -2.11. The van der Waals surface area contributed by atoms with Crippen LogP contribution in [0.1, 0.15) is 47.6 Å². The fourth-order valence-corrected chi connectivity index (χ4v) is 3.52. The third-order valence-electron chi connectivity index (χ3n) is 3.49. The minimum absolute atomic E-state index is 0.160. The van der Waals surface area contributed by atoms with Gasteiger partial charge in [0.1, 0.15) is 10.6 Å². The highest BCUT2D eigenvalue weighted by Gasteiger charge is 2.17. The number of aryl methyl sites for hydroxylation is 1. The van der Waals surface area contributed by atoms with Crippen molar-refractivity contribution in [1.29, 1.82) is 0 Å². The lowest BCUT2D eigenvalue weighted by molar-refractivity contribution is -0.118. The molecule has 0 fully saturated rings. The molecule has 0 bridgehead atoms. The third kappa shape index (κ3) is 5.28. The monoisotopic (exact) mass is 440 g/mol. The van der Waals surface area contributed by atoms with Gasteiger partial charge in [0.05, 0.1) is 16.8 Å². The van der Waals surface area contributed by atoms with Crippen molar-refractivity contribution in [2.45, 2.75) is 33.6 Å². The van der Waals surface area contributed by atoms with Crippen molar-refractivity contribution in [2.24, 2.45) is 0 Å². The molecule has 0 spiro atoms. The molecule has 0 aliphatic carbocycles. The van der Waals surface area contributed by atoms with E-state index in [1.165, 1.54) is 5.56 Å². The van der Waals surface area contributed by atoms with Crippen LogP contribution in [-0.2, 0) is 9.53 Å². The normalized spacial score (nSPS) is 10.7. The number of rotatable bonds is 7. The van der Waals surface area contributed by atoms with Crippen molar-refractivity contribution in [3.05, 3.63) is 38.8 Å². The van der Waals surface area contributed by atoms with Crippen molar-refractivity contribution in [1.82, 2.24) is 4.98 Å². The van der Waals surface area contributed by atoms with E-state index in [9.17, 15) is 9.59 Å². The van der Waals surface area contributed by atoms with E-state index in [0.717, 1.165) is 15.8 Å². The molecule has 1 heterocycles. The number of carbonyl (C=O) groups is 2. The first-order valence-electron chi connectivity index (χ1n) is 8.18. The lowest BCUT2D eigenvalue weighted by atomic mass is 10.0. The molecular weight excluding hydrogens is 420 g/mol. The van der Waals surface area contributed by atoms with Crippen LogP contribution in [0.2, 0.25) is 0 Å². The molecule has 1 amide bonds. The Hall–Kier alpha value is -1.93. The number of nitrogens with zero attached hydrogens (tertiary/aromatic N) is 1. The summed E-state index contributed by atoms with van der Waals surface area (Å²) in [5.74, 6) is 0.208. The smallest absolute Gasteiger partial charge is 0.350 e. The molecule has 8 heteroatoms. The SMILES string of the molecule is CCOC(=O)c1sc(NC(=O)COc2ccc(C(C)C)cc2Br)nc1C. The highest BCUT2D eigenvalue weighted by Crippen LogP contribution is 2.29. The van der Waals surface area contributed by atoms with Gasteiger partial charge in [0, 0.05) is 0 Å². The zero-order valence-electron chi connectivity index (χ0n) is 15.1. The minimum Gasteiger partial charge on any atom is -0.483 e. The second-order valence-electron chi connectivity index (χ2n) is 5.84. The van der Waals surface area contributed by atoms with Crippen molar-refractivity contribution >= 4 is 44.3 Å². The highest BCUT2D eigenvalue weighted by molar-refractivity contribution is 9.10. The molecule has 2 rings (SSSR count). The van der Waals surface area contributed by atoms with Crippen LogP contribution in [0.4, 0.5) is 5.13 Å². The maximum Gasteiger partial charge on any atom is 0.350 e. The molecule has 0 aliphatic heterocycles.